The molecule has 0 saturated heterocycles. The van der Waals surface area contributed by atoms with E-state index in [2.05, 4.69) is 9.73 Å². The average molecular weight is 178 g/mol. The Bertz CT molecular complexity index is 354. The molecule has 0 fully saturated rings. The van der Waals surface area contributed by atoms with Gasteiger partial charge < -0.3 is 9.30 Å². The first-order chi connectivity index (χ1) is 6.31. The van der Waals surface area contributed by atoms with E-state index in [0.717, 1.165) is 5.69 Å². The molecule has 1 atom stereocenters. The summed E-state index contributed by atoms with van der Waals surface area (Å²) in [5, 5.41) is 0. The van der Waals surface area contributed by atoms with Crippen LogP contribution < -0.4 is 0 Å². The van der Waals surface area contributed by atoms with Crippen molar-refractivity contribution < 1.29 is 9.53 Å². The molecule has 0 aromatic carbocycles. The first kappa shape index (κ1) is 8.04. The Balaban J connectivity index is 2.21. The predicted molar refractivity (Wildman–Crippen MR) is 47.8 cm³/mol. The number of carbonyl (C=O) groups is 1. The lowest BCUT2D eigenvalue weighted by molar-refractivity contribution is -0.142. The van der Waals surface area contributed by atoms with Crippen molar-refractivity contribution in [2.45, 2.75) is 12.6 Å². The number of nitrogens with zero attached hydrogens (tertiary/aromatic N) is 2. The second kappa shape index (κ2) is 3.05. The molecule has 1 aromatic heterocycles. The number of rotatable bonds is 1. The van der Waals surface area contributed by atoms with Crippen LogP contribution in [0.4, 0.5) is 0 Å². The minimum Gasteiger partial charge on any atom is -0.467 e. The van der Waals surface area contributed by atoms with Crippen molar-refractivity contribution in [2.24, 2.45) is 4.99 Å². The molecule has 68 valence electrons. The average Bonchev–Trinajstić information content (AvgIpc) is 2.63. The Morgan fingerprint density at radius 2 is 2.62 bits per heavy atom. The zero-order chi connectivity index (χ0) is 9.26. The van der Waals surface area contributed by atoms with Gasteiger partial charge in [-0.1, -0.05) is 0 Å². The molecule has 0 N–H and O–H groups in total. The van der Waals surface area contributed by atoms with Crippen molar-refractivity contribution in [1.82, 2.24) is 4.57 Å². The maximum absolute atomic E-state index is 11.1. The summed E-state index contributed by atoms with van der Waals surface area (Å²) in [7, 11) is 1.38. The molecule has 0 amide bonds. The molecule has 1 aromatic rings. The van der Waals surface area contributed by atoms with Gasteiger partial charge in [0, 0.05) is 12.4 Å². The normalized spacial score (nSPS) is 19.6. The van der Waals surface area contributed by atoms with Gasteiger partial charge in [0.1, 0.15) is 0 Å². The highest BCUT2D eigenvalue weighted by Gasteiger charge is 2.21. The molecule has 2 heterocycles. The predicted octanol–water partition coefficient (Wildman–Crippen LogP) is 0.462. The van der Waals surface area contributed by atoms with Gasteiger partial charge in [-0.25, -0.2) is 4.79 Å². The minimum absolute atomic E-state index is 0.282. The molecular formula is C9H10N2O2. The van der Waals surface area contributed by atoms with E-state index in [0.29, 0.717) is 6.54 Å². The largest absolute Gasteiger partial charge is 0.467 e. The van der Waals surface area contributed by atoms with Gasteiger partial charge in [-0.05, 0) is 12.1 Å². The summed E-state index contributed by atoms with van der Waals surface area (Å²) in [5.74, 6) is -0.282. The van der Waals surface area contributed by atoms with E-state index in [4.69, 9.17) is 0 Å². The van der Waals surface area contributed by atoms with Crippen LogP contribution in [0.1, 0.15) is 5.69 Å². The summed E-state index contributed by atoms with van der Waals surface area (Å²) in [4.78, 5) is 15.2. The number of carbonyl (C=O) groups excluding carboxylic acids is 1. The summed E-state index contributed by atoms with van der Waals surface area (Å²) in [6, 6.07) is 3.50. The molecule has 2 rings (SSSR count). The highest BCUT2D eigenvalue weighted by molar-refractivity contribution is 5.84. The van der Waals surface area contributed by atoms with Crippen LogP contribution in [0.15, 0.2) is 23.3 Å². The van der Waals surface area contributed by atoms with Gasteiger partial charge >= 0.3 is 5.97 Å². The van der Waals surface area contributed by atoms with Crippen molar-refractivity contribution in [3.63, 3.8) is 0 Å². The number of methoxy groups -OCH3 is 1. The van der Waals surface area contributed by atoms with Crippen molar-refractivity contribution in [2.75, 3.05) is 7.11 Å². The van der Waals surface area contributed by atoms with Crippen LogP contribution in [0.2, 0.25) is 0 Å². The van der Waals surface area contributed by atoms with Crippen molar-refractivity contribution in [3.05, 3.63) is 24.0 Å². The summed E-state index contributed by atoms with van der Waals surface area (Å²) >= 11 is 0. The monoisotopic (exact) mass is 178 g/mol. The molecule has 0 radical (unpaired) electrons. The van der Waals surface area contributed by atoms with E-state index >= 15 is 0 Å². The Kier molecular flexibility index (Phi) is 1.88. The molecule has 0 saturated carbocycles. The van der Waals surface area contributed by atoms with Crippen molar-refractivity contribution in [3.8, 4) is 0 Å². The van der Waals surface area contributed by atoms with Gasteiger partial charge in [0.05, 0.1) is 19.3 Å². The van der Waals surface area contributed by atoms with Gasteiger partial charge in [-0.15, -0.1) is 0 Å². The summed E-state index contributed by atoms with van der Waals surface area (Å²) in [5.41, 5.74) is 1.03. The molecule has 0 aliphatic carbocycles. The zero-order valence-corrected chi connectivity index (χ0v) is 7.30. The molecule has 0 spiro atoms. The van der Waals surface area contributed by atoms with Gasteiger partial charge in [0.25, 0.3) is 0 Å². The van der Waals surface area contributed by atoms with E-state index in [-0.39, 0.29) is 12.0 Å². The van der Waals surface area contributed by atoms with E-state index in [1.807, 2.05) is 22.9 Å². The Morgan fingerprint density at radius 1 is 1.77 bits per heavy atom. The smallest absolute Gasteiger partial charge is 0.332 e. The maximum atomic E-state index is 11.1. The van der Waals surface area contributed by atoms with Gasteiger partial charge in [0.15, 0.2) is 6.04 Å². The minimum atomic E-state index is -0.384. The Labute approximate surface area is 75.8 Å². The third-order valence-electron chi connectivity index (χ3n) is 2.09. The van der Waals surface area contributed by atoms with E-state index in [1.165, 1.54) is 7.11 Å². The maximum Gasteiger partial charge on any atom is 0.332 e. The quantitative estimate of drug-likeness (QED) is 0.586. The van der Waals surface area contributed by atoms with Crippen LogP contribution in [-0.4, -0.2) is 29.9 Å². The lowest BCUT2D eigenvalue weighted by Gasteiger charge is -2.16. The lowest BCUT2D eigenvalue weighted by atomic mass is 10.2. The first-order valence-electron chi connectivity index (χ1n) is 4.07. The number of esters is 1. The van der Waals surface area contributed by atoms with Crippen molar-refractivity contribution >= 4 is 12.2 Å². The fourth-order valence-electron chi connectivity index (χ4n) is 1.38. The van der Waals surface area contributed by atoms with E-state index in [1.54, 1.807) is 6.21 Å². The molecule has 4 nitrogen and oxygen atoms in total. The highest BCUT2D eigenvalue weighted by atomic mass is 16.5. The second-order valence-electron chi connectivity index (χ2n) is 2.90. The topological polar surface area (TPSA) is 43.6 Å². The second-order valence-corrected chi connectivity index (χ2v) is 2.90. The van der Waals surface area contributed by atoms with Crippen LogP contribution in [0.5, 0.6) is 0 Å². The van der Waals surface area contributed by atoms with Gasteiger partial charge in [0.2, 0.25) is 0 Å². The van der Waals surface area contributed by atoms with Crippen LogP contribution >= 0.6 is 0 Å². The lowest BCUT2D eigenvalue weighted by Crippen LogP contribution is -2.29. The fraction of sp³-hybridized carbons (Fsp3) is 0.333. The number of hydrogen-bond acceptors (Lipinski definition) is 3. The molecular weight excluding hydrogens is 168 g/mol. The molecule has 1 aliphatic rings. The standard InChI is InChI=1S/C9H10N2O2/c1-13-9(12)8-6-11-4-2-3-7(11)5-10-8/h2-5,8H,6H2,1H3. The van der Waals surface area contributed by atoms with Gasteiger partial charge in [-0.2, -0.15) is 0 Å². The van der Waals surface area contributed by atoms with Crippen LogP contribution in [0.25, 0.3) is 0 Å². The van der Waals surface area contributed by atoms with Crippen LogP contribution in [0.3, 0.4) is 0 Å². The van der Waals surface area contributed by atoms with E-state index in [9.17, 15) is 4.79 Å². The molecule has 1 aliphatic heterocycles. The number of ether oxygens (including phenoxy) is 1. The Morgan fingerprint density at radius 3 is 3.38 bits per heavy atom. The third-order valence-corrected chi connectivity index (χ3v) is 2.09. The van der Waals surface area contributed by atoms with Crippen molar-refractivity contribution in [1.29, 1.82) is 0 Å². The molecule has 0 bridgehead atoms. The number of aliphatic imine (C=N–C) groups is 1. The van der Waals surface area contributed by atoms with Crippen LogP contribution in [0, 0.1) is 0 Å². The zero-order valence-electron chi connectivity index (χ0n) is 7.30. The molecule has 13 heavy (non-hydrogen) atoms. The SMILES string of the molecule is COC(=O)C1Cn2cccc2C=N1. The third kappa shape index (κ3) is 1.35. The molecule has 1 unspecified atom stereocenters. The van der Waals surface area contributed by atoms with E-state index < -0.39 is 0 Å². The Hall–Kier alpha value is -1.58. The summed E-state index contributed by atoms with van der Waals surface area (Å²) in [6.45, 7) is 0.575. The summed E-state index contributed by atoms with van der Waals surface area (Å²) in [6.07, 6.45) is 3.63. The highest BCUT2D eigenvalue weighted by Crippen LogP contribution is 2.09. The fourth-order valence-corrected chi connectivity index (χ4v) is 1.38. The summed E-state index contributed by atoms with van der Waals surface area (Å²) < 4.78 is 6.60. The van der Waals surface area contributed by atoms with Gasteiger partial charge in [-0.3, -0.25) is 4.99 Å². The number of hydrogen-bond donors (Lipinski definition) is 0. The first-order valence-corrected chi connectivity index (χ1v) is 4.07. The number of aromatic nitrogens is 1. The molecule has 4 heteroatoms. The van der Waals surface area contributed by atoms with Crippen LogP contribution in [-0.2, 0) is 16.1 Å². The number of fused-ring (bicyclic) bond motifs is 1.